The van der Waals surface area contributed by atoms with Crippen molar-refractivity contribution in [2.45, 2.75) is 18.2 Å². The minimum atomic E-state index is -3.47. The molecule has 2 rings (SSSR count). The highest BCUT2D eigenvalue weighted by Gasteiger charge is 2.48. The maximum Gasteiger partial charge on any atom is 0.336 e. The van der Waals surface area contributed by atoms with Gasteiger partial charge in [-0.2, -0.15) is 0 Å². The molecule has 0 saturated heterocycles. The van der Waals surface area contributed by atoms with Gasteiger partial charge in [0.25, 0.3) is 0 Å². The molecule has 118 valence electrons. The molecule has 0 aliphatic heterocycles. The van der Waals surface area contributed by atoms with Gasteiger partial charge in [-0.05, 0) is 18.1 Å². The molecule has 4 nitrogen and oxygen atoms in total. The van der Waals surface area contributed by atoms with E-state index in [1.165, 1.54) is 14.2 Å². The molecule has 1 unspecified atom stereocenters. The first-order valence-electron chi connectivity index (χ1n) is 7.03. The normalized spacial score (nSPS) is 13.8. The zero-order valence-electron chi connectivity index (χ0n) is 13.0. The molecule has 0 aromatic heterocycles. The summed E-state index contributed by atoms with van der Waals surface area (Å²) in [7, 11) is -0.814. The molecule has 1 atom stereocenters. The van der Waals surface area contributed by atoms with Crippen molar-refractivity contribution in [3.63, 3.8) is 0 Å². The predicted molar refractivity (Wildman–Crippen MR) is 87.0 cm³/mol. The van der Waals surface area contributed by atoms with E-state index in [2.05, 4.69) is 0 Å². The number of benzene rings is 2. The Morgan fingerprint density at radius 2 is 1.27 bits per heavy atom. The first-order valence-corrected chi connectivity index (χ1v) is 8.65. The van der Waals surface area contributed by atoms with E-state index in [9.17, 15) is 9.67 Å². The van der Waals surface area contributed by atoms with Gasteiger partial charge in [0, 0.05) is 14.2 Å². The summed E-state index contributed by atoms with van der Waals surface area (Å²) in [6, 6.07) is 18.3. The van der Waals surface area contributed by atoms with Crippen molar-refractivity contribution < 1.29 is 18.7 Å². The Morgan fingerprint density at radius 3 is 1.59 bits per heavy atom. The Morgan fingerprint density at radius 1 is 0.909 bits per heavy atom. The molecule has 0 bridgehead atoms. The second kappa shape index (κ2) is 6.76. The van der Waals surface area contributed by atoms with Gasteiger partial charge < -0.3 is 14.2 Å². The molecule has 2 aromatic carbocycles. The number of aliphatic hydroxyl groups is 1. The maximum absolute atomic E-state index is 12.8. The van der Waals surface area contributed by atoms with Crippen LogP contribution in [0, 0.1) is 0 Å². The summed E-state index contributed by atoms with van der Waals surface area (Å²) in [6.45, 7) is 1.67. The van der Waals surface area contributed by atoms with Gasteiger partial charge >= 0.3 is 7.60 Å². The lowest BCUT2D eigenvalue weighted by Gasteiger charge is -2.37. The second-order valence-electron chi connectivity index (χ2n) is 5.08. The van der Waals surface area contributed by atoms with Crippen LogP contribution in [0.15, 0.2) is 60.7 Å². The number of hydrogen-bond acceptors (Lipinski definition) is 4. The molecule has 0 spiro atoms. The summed E-state index contributed by atoms with van der Waals surface area (Å²) in [6.07, 6.45) is 0. The van der Waals surface area contributed by atoms with Crippen molar-refractivity contribution in [1.29, 1.82) is 0 Å². The molecule has 5 heteroatoms. The van der Waals surface area contributed by atoms with Crippen molar-refractivity contribution in [1.82, 2.24) is 0 Å². The summed E-state index contributed by atoms with van der Waals surface area (Å²) < 4.78 is 23.1. The Labute approximate surface area is 131 Å². The lowest BCUT2D eigenvalue weighted by Crippen LogP contribution is -2.39. The Bertz CT molecular complexity index is 595. The molecule has 0 amide bonds. The SMILES string of the molecule is COP(=O)(OC)C(C)C(O)(c1ccccc1)c1ccccc1. The molecule has 0 aliphatic carbocycles. The van der Waals surface area contributed by atoms with Crippen LogP contribution in [0.25, 0.3) is 0 Å². The van der Waals surface area contributed by atoms with Gasteiger partial charge in [0.1, 0.15) is 5.60 Å². The highest BCUT2D eigenvalue weighted by Crippen LogP contribution is 2.58. The lowest BCUT2D eigenvalue weighted by molar-refractivity contribution is 0.0682. The summed E-state index contributed by atoms with van der Waals surface area (Å²) in [4.78, 5) is 0. The third kappa shape index (κ3) is 2.88. The van der Waals surface area contributed by atoms with E-state index in [1.807, 2.05) is 36.4 Å². The van der Waals surface area contributed by atoms with Crippen molar-refractivity contribution in [2.24, 2.45) is 0 Å². The van der Waals surface area contributed by atoms with Crippen LogP contribution in [0.3, 0.4) is 0 Å². The van der Waals surface area contributed by atoms with E-state index in [-0.39, 0.29) is 0 Å². The first-order chi connectivity index (χ1) is 10.5. The molecule has 0 aliphatic rings. The lowest BCUT2D eigenvalue weighted by atomic mass is 9.84. The molecule has 2 aromatic rings. The van der Waals surface area contributed by atoms with Gasteiger partial charge in [0.05, 0.1) is 5.66 Å². The number of rotatable bonds is 6. The average molecular weight is 320 g/mol. The highest BCUT2D eigenvalue weighted by molar-refractivity contribution is 7.54. The van der Waals surface area contributed by atoms with Gasteiger partial charge in [-0.1, -0.05) is 60.7 Å². The van der Waals surface area contributed by atoms with E-state index in [4.69, 9.17) is 9.05 Å². The van der Waals surface area contributed by atoms with E-state index in [0.29, 0.717) is 11.1 Å². The summed E-state index contributed by atoms with van der Waals surface area (Å²) in [5.41, 5.74) is -0.977. The second-order valence-corrected chi connectivity index (χ2v) is 7.66. The fourth-order valence-electron chi connectivity index (χ4n) is 2.65. The quantitative estimate of drug-likeness (QED) is 0.823. The molecule has 1 N–H and O–H groups in total. The molecule has 0 fully saturated rings. The smallest absolute Gasteiger partial charge is 0.336 e. The first kappa shape index (κ1) is 16.9. The van der Waals surface area contributed by atoms with Gasteiger partial charge in [-0.3, -0.25) is 4.57 Å². The van der Waals surface area contributed by atoms with E-state index >= 15 is 0 Å². The fourth-order valence-corrected chi connectivity index (χ4v) is 4.19. The van der Waals surface area contributed by atoms with Crippen molar-refractivity contribution in [3.8, 4) is 0 Å². The molecule has 22 heavy (non-hydrogen) atoms. The third-order valence-corrected chi connectivity index (χ3v) is 6.36. The van der Waals surface area contributed by atoms with Gasteiger partial charge in [0.2, 0.25) is 0 Å². The minimum Gasteiger partial charge on any atom is -0.379 e. The van der Waals surface area contributed by atoms with Crippen molar-refractivity contribution in [2.75, 3.05) is 14.2 Å². The summed E-state index contributed by atoms with van der Waals surface area (Å²) in [5.74, 6) is 0. The van der Waals surface area contributed by atoms with Crippen molar-refractivity contribution in [3.05, 3.63) is 71.8 Å². The van der Waals surface area contributed by atoms with Gasteiger partial charge in [-0.15, -0.1) is 0 Å². The average Bonchev–Trinajstić information content (AvgIpc) is 2.61. The van der Waals surface area contributed by atoms with Crippen LogP contribution in [0.1, 0.15) is 18.1 Å². The highest BCUT2D eigenvalue weighted by atomic mass is 31.2. The maximum atomic E-state index is 12.8. The summed E-state index contributed by atoms with van der Waals surface area (Å²) >= 11 is 0. The Kier molecular flexibility index (Phi) is 5.20. The molecule has 0 radical (unpaired) electrons. The fraction of sp³-hybridized carbons (Fsp3) is 0.294. The van der Waals surface area contributed by atoms with Gasteiger partial charge in [-0.25, -0.2) is 0 Å². The summed E-state index contributed by atoms with van der Waals surface area (Å²) in [5, 5.41) is 11.5. The van der Waals surface area contributed by atoms with E-state index in [0.717, 1.165) is 0 Å². The Hall–Kier alpha value is -1.45. The third-order valence-electron chi connectivity index (χ3n) is 4.02. The van der Waals surface area contributed by atoms with Crippen LogP contribution >= 0.6 is 7.60 Å². The van der Waals surface area contributed by atoms with E-state index in [1.54, 1.807) is 31.2 Å². The standard InChI is InChI=1S/C17H21O4P/c1-14(22(19,20-2)21-3)17(18,15-10-6-4-7-11-15)16-12-8-5-9-13-16/h4-14,18H,1-3H3. The van der Waals surface area contributed by atoms with Crippen molar-refractivity contribution >= 4 is 7.60 Å². The number of hydrogen-bond donors (Lipinski definition) is 1. The Balaban J connectivity index is 2.64. The van der Waals surface area contributed by atoms with Crippen LogP contribution in [0.4, 0.5) is 0 Å². The van der Waals surface area contributed by atoms with Crippen LogP contribution in [-0.2, 0) is 19.2 Å². The van der Waals surface area contributed by atoms with Gasteiger partial charge in [0.15, 0.2) is 0 Å². The zero-order chi connectivity index (χ0) is 16.2. The molecule has 0 heterocycles. The predicted octanol–water partition coefficient (Wildman–Crippen LogP) is 3.80. The molecular weight excluding hydrogens is 299 g/mol. The molecular formula is C17H21O4P. The minimum absolute atomic E-state index is 0.642. The topological polar surface area (TPSA) is 55.8 Å². The zero-order valence-corrected chi connectivity index (χ0v) is 13.9. The molecule has 0 saturated carbocycles. The van der Waals surface area contributed by atoms with E-state index < -0.39 is 18.9 Å². The van der Waals surface area contributed by atoms with Crippen LogP contribution in [0.5, 0.6) is 0 Å². The van der Waals surface area contributed by atoms with Crippen LogP contribution in [0.2, 0.25) is 0 Å². The van der Waals surface area contributed by atoms with Crippen LogP contribution < -0.4 is 0 Å². The van der Waals surface area contributed by atoms with Crippen LogP contribution in [-0.4, -0.2) is 25.0 Å². The monoisotopic (exact) mass is 320 g/mol. The largest absolute Gasteiger partial charge is 0.379 e.